The second kappa shape index (κ2) is 6.70. The lowest BCUT2D eigenvalue weighted by atomic mass is 9.88. The molecule has 2 aliphatic rings. The van der Waals surface area contributed by atoms with E-state index in [1.54, 1.807) is 22.2 Å². The van der Waals surface area contributed by atoms with E-state index in [4.69, 9.17) is 0 Å². The van der Waals surface area contributed by atoms with Gasteiger partial charge in [0.05, 0.1) is 10.6 Å². The summed E-state index contributed by atoms with van der Waals surface area (Å²) in [5, 5.41) is 3.01. The Labute approximate surface area is 158 Å². The highest BCUT2D eigenvalue weighted by molar-refractivity contribution is 9.10. The van der Waals surface area contributed by atoms with Crippen LogP contribution in [0.5, 0.6) is 0 Å². The van der Waals surface area contributed by atoms with Crippen molar-refractivity contribution < 1.29 is 4.79 Å². The molecule has 1 aliphatic heterocycles. The van der Waals surface area contributed by atoms with Crippen LogP contribution in [0.15, 0.2) is 33.6 Å². The molecule has 1 aromatic heterocycles. The van der Waals surface area contributed by atoms with Crippen LogP contribution in [0.25, 0.3) is 6.08 Å². The van der Waals surface area contributed by atoms with E-state index >= 15 is 0 Å². The molecule has 4 rings (SSSR count). The van der Waals surface area contributed by atoms with Gasteiger partial charge in [-0.1, -0.05) is 19.1 Å². The predicted octanol–water partition coefficient (Wildman–Crippen LogP) is 5.86. The number of rotatable bonds is 2. The number of hydrogen-bond acceptors (Lipinski definition) is 3. The first-order valence-electron chi connectivity index (χ1n) is 8.15. The Morgan fingerprint density at radius 1 is 1.29 bits per heavy atom. The van der Waals surface area contributed by atoms with Crippen LogP contribution in [0.2, 0.25) is 0 Å². The number of para-hydroxylation sites is 1. The van der Waals surface area contributed by atoms with Crippen LogP contribution in [-0.2, 0) is 23.4 Å². The van der Waals surface area contributed by atoms with E-state index < -0.39 is 0 Å². The van der Waals surface area contributed by atoms with Gasteiger partial charge in [-0.15, -0.1) is 23.1 Å². The number of carbonyl (C=O) groups is 1. The number of anilines is 1. The zero-order valence-electron chi connectivity index (χ0n) is 13.4. The molecule has 0 bridgehead atoms. The molecular formula is C19H18BrNOS2. The average molecular weight is 420 g/mol. The molecule has 2 aromatic rings. The molecule has 1 amide bonds. The van der Waals surface area contributed by atoms with Crippen LogP contribution in [0.3, 0.4) is 0 Å². The number of carbonyl (C=O) groups excluding carboxylic acids is 1. The molecule has 124 valence electrons. The third kappa shape index (κ3) is 3.09. The van der Waals surface area contributed by atoms with Gasteiger partial charge in [0.15, 0.2) is 0 Å². The SMILES string of the molecule is C[C@H]1CCc2c(sc3c2CSC(C(=O)Nc2ccccc2Br)=C3)C1. The summed E-state index contributed by atoms with van der Waals surface area (Å²) in [6, 6.07) is 7.71. The van der Waals surface area contributed by atoms with Gasteiger partial charge in [0, 0.05) is 20.0 Å². The first-order valence-corrected chi connectivity index (χ1v) is 10.7. The van der Waals surface area contributed by atoms with Crippen molar-refractivity contribution >= 4 is 56.7 Å². The van der Waals surface area contributed by atoms with Gasteiger partial charge in [-0.3, -0.25) is 4.79 Å². The van der Waals surface area contributed by atoms with Crippen molar-refractivity contribution in [2.75, 3.05) is 5.32 Å². The maximum Gasteiger partial charge on any atom is 0.262 e. The lowest BCUT2D eigenvalue weighted by Crippen LogP contribution is -2.15. The van der Waals surface area contributed by atoms with Crippen LogP contribution in [0.4, 0.5) is 5.69 Å². The third-order valence-corrected chi connectivity index (χ3v) is 7.61. The molecule has 2 heterocycles. The molecule has 0 saturated carbocycles. The van der Waals surface area contributed by atoms with E-state index in [1.165, 1.54) is 29.7 Å². The number of thiophene rings is 1. The van der Waals surface area contributed by atoms with Gasteiger partial charge in [0.25, 0.3) is 5.91 Å². The Morgan fingerprint density at radius 2 is 2.12 bits per heavy atom. The molecule has 1 aromatic carbocycles. The van der Waals surface area contributed by atoms with Crippen LogP contribution >= 0.6 is 39.0 Å². The number of amides is 1. The summed E-state index contributed by atoms with van der Waals surface area (Å²) in [6.07, 6.45) is 5.78. The number of fused-ring (bicyclic) bond motifs is 3. The first-order chi connectivity index (χ1) is 11.6. The van der Waals surface area contributed by atoms with Crippen molar-refractivity contribution in [3.8, 4) is 0 Å². The highest BCUT2D eigenvalue weighted by atomic mass is 79.9. The summed E-state index contributed by atoms with van der Waals surface area (Å²) < 4.78 is 0.904. The second-order valence-corrected chi connectivity index (χ2v) is 9.43. The van der Waals surface area contributed by atoms with Gasteiger partial charge < -0.3 is 5.32 Å². The van der Waals surface area contributed by atoms with E-state index in [0.29, 0.717) is 0 Å². The van der Waals surface area contributed by atoms with Crippen molar-refractivity contribution in [2.24, 2.45) is 5.92 Å². The minimum Gasteiger partial charge on any atom is -0.320 e. The van der Waals surface area contributed by atoms with Crippen molar-refractivity contribution in [2.45, 2.75) is 31.9 Å². The minimum absolute atomic E-state index is 0.0164. The molecule has 24 heavy (non-hydrogen) atoms. The summed E-state index contributed by atoms with van der Waals surface area (Å²) >= 11 is 7.03. The maximum atomic E-state index is 12.6. The quantitative estimate of drug-likeness (QED) is 0.659. The average Bonchev–Trinajstić information content (AvgIpc) is 2.93. The molecule has 5 heteroatoms. The lowest BCUT2D eigenvalue weighted by molar-refractivity contribution is -0.112. The Kier molecular flexibility index (Phi) is 4.58. The Bertz CT molecular complexity index is 840. The molecule has 0 saturated heterocycles. The fraction of sp³-hybridized carbons (Fsp3) is 0.316. The monoisotopic (exact) mass is 419 g/mol. The van der Waals surface area contributed by atoms with Gasteiger partial charge in [0.2, 0.25) is 0 Å². The van der Waals surface area contributed by atoms with E-state index in [2.05, 4.69) is 34.2 Å². The van der Waals surface area contributed by atoms with Crippen LogP contribution in [0, 0.1) is 5.92 Å². The summed E-state index contributed by atoms with van der Waals surface area (Å²) in [5.41, 5.74) is 3.86. The first kappa shape index (κ1) is 16.4. The largest absolute Gasteiger partial charge is 0.320 e. The Morgan fingerprint density at radius 3 is 2.96 bits per heavy atom. The van der Waals surface area contributed by atoms with Crippen molar-refractivity contribution in [1.82, 2.24) is 0 Å². The molecular weight excluding hydrogens is 402 g/mol. The molecule has 1 aliphatic carbocycles. The standard InChI is InChI=1S/C19H18BrNOS2/c1-11-6-7-12-13-10-23-18(9-17(13)24-16(12)8-11)19(22)21-15-5-3-2-4-14(15)20/h2-5,9,11H,6-8,10H2,1H3,(H,21,22)/t11-/m0/s1. The van der Waals surface area contributed by atoms with E-state index in [9.17, 15) is 4.79 Å². The number of benzene rings is 1. The molecule has 0 unspecified atom stereocenters. The highest BCUT2D eigenvalue weighted by Crippen LogP contribution is 2.43. The number of thioether (sulfide) groups is 1. The Balaban J connectivity index is 1.59. The van der Waals surface area contributed by atoms with Crippen LogP contribution < -0.4 is 5.32 Å². The van der Waals surface area contributed by atoms with Gasteiger partial charge in [-0.2, -0.15) is 0 Å². The number of halogens is 1. The summed E-state index contributed by atoms with van der Waals surface area (Å²) in [4.78, 5) is 16.3. The maximum absolute atomic E-state index is 12.6. The predicted molar refractivity (Wildman–Crippen MR) is 108 cm³/mol. The van der Waals surface area contributed by atoms with E-state index in [0.717, 1.165) is 26.7 Å². The van der Waals surface area contributed by atoms with Crippen LogP contribution in [-0.4, -0.2) is 5.91 Å². The van der Waals surface area contributed by atoms with Crippen molar-refractivity contribution in [3.63, 3.8) is 0 Å². The van der Waals surface area contributed by atoms with Gasteiger partial charge in [-0.25, -0.2) is 0 Å². The smallest absolute Gasteiger partial charge is 0.262 e. The normalized spacial score (nSPS) is 19.2. The zero-order chi connectivity index (χ0) is 16.7. The second-order valence-electron chi connectivity index (χ2n) is 6.43. The highest BCUT2D eigenvalue weighted by Gasteiger charge is 2.27. The molecule has 2 nitrogen and oxygen atoms in total. The molecule has 0 fully saturated rings. The molecule has 1 atom stereocenters. The minimum atomic E-state index is -0.0164. The molecule has 0 radical (unpaired) electrons. The fourth-order valence-corrected chi connectivity index (χ4v) is 6.34. The third-order valence-electron chi connectivity index (χ3n) is 4.63. The van der Waals surface area contributed by atoms with E-state index in [-0.39, 0.29) is 5.91 Å². The number of hydrogen-bond donors (Lipinski definition) is 1. The molecule has 1 N–H and O–H groups in total. The topological polar surface area (TPSA) is 29.1 Å². The fourth-order valence-electron chi connectivity index (χ4n) is 3.30. The zero-order valence-corrected chi connectivity index (χ0v) is 16.6. The van der Waals surface area contributed by atoms with Crippen LogP contribution in [0.1, 0.15) is 34.2 Å². The summed E-state index contributed by atoms with van der Waals surface area (Å²) in [5.74, 6) is 1.69. The Hall–Kier alpha value is -1.04. The lowest BCUT2D eigenvalue weighted by Gasteiger charge is -2.20. The summed E-state index contributed by atoms with van der Waals surface area (Å²) in [6.45, 7) is 2.34. The van der Waals surface area contributed by atoms with Crippen molar-refractivity contribution in [1.29, 1.82) is 0 Å². The van der Waals surface area contributed by atoms with E-state index in [1.807, 2.05) is 35.6 Å². The summed E-state index contributed by atoms with van der Waals surface area (Å²) in [7, 11) is 0. The number of nitrogens with one attached hydrogen (secondary N) is 1. The van der Waals surface area contributed by atoms with Crippen molar-refractivity contribution in [3.05, 3.63) is 54.5 Å². The van der Waals surface area contributed by atoms with Gasteiger partial charge in [-0.05, 0) is 70.4 Å². The molecule has 0 spiro atoms. The van der Waals surface area contributed by atoms with Gasteiger partial charge >= 0.3 is 0 Å². The van der Waals surface area contributed by atoms with Gasteiger partial charge in [0.1, 0.15) is 0 Å².